The van der Waals surface area contributed by atoms with Gasteiger partial charge in [-0.25, -0.2) is 4.79 Å². The monoisotopic (exact) mass is 441 g/mol. The lowest BCUT2D eigenvalue weighted by molar-refractivity contribution is 0.0531. The fraction of sp³-hybridized carbons (Fsp3) is 0.150. The van der Waals surface area contributed by atoms with Crippen molar-refractivity contribution in [2.45, 2.75) is 17.9 Å². The minimum absolute atomic E-state index is 0.276. The second-order valence-electron chi connectivity index (χ2n) is 6.15. The molecule has 1 aromatic carbocycles. The van der Waals surface area contributed by atoms with Crippen molar-refractivity contribution < 1.29 is 13.9 Å². The van der Waals surface area contributed by atoms with Crippen LogP contribution in [0, 0.1) is 0 Å². The zero-order valence-corrected chi connectivity index (χ0v) is 17.7. The van der Waals surface area contributed by atoms with Crippen LogP contribution in [0.2, 0.25) is 0 Å². The number of benzene rings is 1. The Kier molecular flexibility index (Phi) is 4.86. The van der Waals surface area contributed by atoms with Gasteiger partial charge in [-0.15, -0.1) is 32.9 Å². The Morgan fingerprint density at radius 2 is 2.17 bits per heavy atom. The lowest BCUT2D eigenvalue weighted by Gasteiger charge is -2.02. The molecular weight excluding hydrogens is 426 g/mol. The first-order valence-corrected chi connectivity index (χ1v) is 11.6. The SMILES string of the molecule is CCOC(=O)c1sc2ccsc2c1CSc1nnc(-c2c[nH]c3ccccc23)o1. The van der Waals surface area contributed by atoms with E-state index in [-0.39, 0.29) is 5.97 Å². The summed E-state index contributed by atoms with van der Waals surface area (Å²) in [5.41, 5.74) is 2.87. The molecule has 0 unspecified atom stereocenters. The van der Waals surface area contributed by atoms with E-state index in [1.165, 1.54) is 23.1 Å². The van der Waals surface area contributed by atoms with E-state index >= 15 is 0 Å². The first-order valence-electron chi connectivity index (χ1n) is 8.93. The summed E-state index contributed by atoms with van der Waals surface area (Å²) in [6.07, 6.45) is 1.87. The van der Waals surface area contributed by atoms with Gasteiger partial charge in [0.25, 0.3) is 11.1 Å². The number of thiophene rings is 2. The molecular formula is C20H15N3O3S3. The van der Waals surface area contributed by atoms with Gasteiger partial charge in [-0.05, 0) is 24.4 Å². The number of fused-ring (bicyclic) bond motifs is 2. The van der Waals surface area contributed by atoms with Crippen molar-refractivity contribution >= 4 is 60.7 Å². The minimum atomic E-state index is -0.276. The van der Waals surface area contributed by atoms with E-state index in [9.17, 15) is 4.79 Å². The molecule has 0 fully saturated rings. The molecule has 0 spiro atoms. The number of para-hydroxylation sites is 1. The van der Waals surface area contributed by atoms with E-state index in [0.717, 1.165) is 31.4 Å². The second kappa shape index (κ2) is 7.66. The number of aromatic nitrogens is 3. The van der Waals surface area contributed by atoms with Gasteiger partial charge >= 0.3 is 5.97 Å². The molecule has 0 amide bonds. The molecule has 9 heteroatoms. The summed E-state index contributed by atoms with van der Waals surface area (Å²) >= 11 is 4.52. The van der Waals surface area contributed by atoms with Crippen molar-refractivity contribution in [3.8, 4) is 11.5 Å². The summed E-state index contributed by atoms with van der Waals surface area (Å²) in [6.45, 7) is 2.17. The van der Waals surface area contributed by atoms with E-state index in [1.54, 1.807) is 11.3 Å². The Balaban J connectivity index is 1.41. The number of H-pyrrole nitrogens is 1. The lowest BCUT2D eigenvalue weighted by Crippen LogP contribution is -2.04. The molecule has 146 valence electrons. The van der Waals surface area contributed by atoms with Gasteiger partial charge in [0.2, 0.25) is 0 Å². The van der Waals surface area contributed by atoms with Crippen molar-refractivity contribution in [2.75, 3.05) is 6.61 Å². The molecule has 0 saturated heterocycles. The summed E-state index contributed by atoms with van der Waals surface area (Å²) in [4.78, 5) is 16.2. The topological polar surface area (TPSA) is 81.0 Å². The quantitative estimate of drug-likeness (QED) is 0.258. The number of carbonyl (C=O) groups is 1. The molecule has 29 heavy (non-hydrogen) atoms. The highest BCUT2D eigenvalue weighted by atomic mass is 32.2. The zero-order chi connectivity index (χ0) is 19.8. The van der Waals surface area contributed by atoms with Crippen LogP contribution in [-0.4, -0.2) is 27.8 Å². The Hall–Kier alpha value is -2.62. The highest BCUT2D eigenvalue weighted by Gasteiger charge is 2.22. The standard InChI is InChI=1S/C20H15N3O3S3/c1-2-25-19(24)17-13(16-15(29-17)7-8-27-16)10-28-20-23-22-18(26-20)12-9-21-14-6-4-3-5-11(12)14/h3-9,21H,2,10H2,1H3. The Labute approximate surface area is 177 Å². The van der Waals surface area contributed by atoms with Gasteiger partial charge in [0.15, 0.2) is 0 Å². The smallest absolute Gasteiger partial charge is 0.348 e. The average molecular weight is 442 g/mol. The molecule has 1 N–H and O–H groups in total. The molecule has 5 rings (SSSR count). The Bertz CT molecular complexity index is 1310. The zero-order valence-electron chi connectivity index (χ0n) is 15.3. The van der Waals surface area contributed by atoms with Crippen LogP contribution in [0.5, 0.6) is 0 Å². The van der Waals surface area contributed by atoms with Crippen LogP contribution in [0.25, 0.3) is 31.8 Å². The summed E-state index contributed by atoms with van der Waals surface area (Å²) < 4.78 is 13.3. The van der Waals surface area contributed by atoms with Gasteiger partial charge in [0, 0.05) is 37.8 Å². The maximum atomic E-state index is 12.4. The molecule has 5 aromatic rings. The van der Waals surface area contributed by atoms with Crippen LogP contribution in [0.15, 0.2) is 51.5 Å². The molecule has 4 aromatic heterocycles. The van der Waals surface area contributed by atoms with Crippen LogP contribution in [-0.2, 0) is 10.5 Å². The summed E-state index contributed by atoms with van der Waals surface area (Å²) in [5, 5.41) is 11.9. The number of hydrogen-bond acceptors (Lipinski definition) is 8. The number of rotatable bonds is 6. The molecule has 0 aliphatic rings. The minimum Gasteiger partial charge on any atom is -0.462 e. The van der Waals surface area contributed by atoms with Gasteiger partial charge in [0.1, 0.15) is 4.88 Å². The summed E-state index contributed by atoms with van der Waals surface area (Å²) in [5.74, 6) is 0.758. The summed E-state index contributed by atoms with van der Waals surface area (Å²) in [7, 11) is 0. The van der Waals surface area contributed by atoms with Crippen LogP contribution >= 0.6 is 34.4 Å². The molecule has 6 nitrogen and oxygen atoms in total. The van der Waals surface area contributed by atoms with E-state index in [2.05, 4.69) is 15.2 Å². The molecule has 0 bridgehead atoms. The van der Waals surface area contributed by atoms with Crippen LogP contribution in [0.4, 0.5) is 0 Å². The van der Waals surface area contributed by atoms with Gasteiger partial charge in [-0.1, -0.05) is 30.0 Å². The number of nitrogens with zero attached hydrogens (tertiary/aromatic N) is 2. The maximum Gasteiger partial charge on any atom is 0.348 e. The van der Waals surface area contributed by atoms with Gasteiger partial charge < -0.3 is 14.1 Å². The first kappa shape index (κ1) is 18.4. The van der Waals surface area contributed by atoms with Crippen molar-refractivity contribution in [3.05, 3.63) is 52.3 Å². The van der Waals surface area contributed by atoms with Crippen molar-refractivity contribution in [2.24, 2.45) is 0 Å². The number of carbonyl (C=O) groups excluding carboxylic acids is 1. The number of nitrogens with one attached hydrogen (secondary N) is 1. The largest absolute Gasteiger partial charge is 0.462 e. The fourth-order valence-corrected chi connectivity index (χ4v) is 6.37. The third-order valence-corrected chi connectivity index (χ3v) is 7.54. The van der Waals surface area contributed by atoms with Crippen molar-refractivity contribution in [1.29, 1.82) is 0 Å². The Morgan fingerprint density at radius 1 is 1.28 bits per heavy atom. The van der Waals surface area contributed by atoms with E-state index in [4.69, 9.17) is 9.15 Å². The normalized spacial score (nSPS) is 11.5. The molecule has 0 saturated carbocycles. The number of ether oxygens (including phenoxy) is 1. The van der Waals surface area contributed by atoms with Crippen LogP contribution < -0.4 is 0 Å². The lowest BCUT2D eigenvalue weighted by atomic mass is 10.2. The third-order valence-electron chi connectivity index (χ3n) is 4.42. The van der Waals surface area contributed by atoms with E-state index < -0.39 is 0 Å². The van der Waals surface area contributed by atoms with Crippen LogP contribution in [0.1, 0.15) is 22.2 Å². The van der Waals surface area contributed by atoms with Crippen molar-refractivity contribution in [3.63, 3.8) is 0 Å². The Morgan fingerprint density at radius 3 is 3.07 bits per heavy atom. The molecule has 0 aliphatic carbocycles. The third kappa shape index (κ3) is 3.35. The molecule has 0 atom stereocenters. The van der Waals surface area contributed by atoms with E-state index in [0.29, 0.717) is 28.4 Å². The maximum absolute atomic E-state index is 12.4. The van der Waals surface area contributed by atoms with Gasteiger partial charge in [0.05, 0.1) is 12.2 Å². The fourth-order valence-electron chi connectivity index (χ4n) is 3.12. The average Bonchev–Trinajstić information content (AvgIpc) is 3.49. The number of thioether (sulfide) groups is 1. The number of esters is 1. The second-order valence-corrected chi connectivity index (χ2v) is 9.05. The molecule has 4 heterocycles. The molecule has 0 radical (unpaired) electrons. The van der Waals surface area contributed by atoms with Crippen molar-refractivity contribution in [1.82, 2.24) is 15.2 Å². The highest BCUT2D eigenvalue weighted by Crippen LogP contribution is 2.39. The number of aromatic amines is 1. The van der Waals surface area contributed by atoms with Crippen LogP contribution in [0.3, 0.4) is 0 Å². The predicted molar refractivity (Wildman–Crippen MR) is 117 cm³/mol. The number of hydrogen-bond donors (Lipinski definition) is 1. The highest BCUT2D eigenvalue weighted by molar-refractivity contribution is 7.98. The van der Waals surface area contributed by atoms with Gasteiger partial charge in [-0.2, -0.15) is 0 Å². The van der Waals surface area contributed by atoms with E-state index in [1.807, 2.05) is 48.8 Å². The molecule has 0 aliphatic heterocycles. The predicted octanol–water partition coefficient (Wildman–Crippen LogP) is 5.96. The van der Waals surface area contributed by atoms with Gasteiger partial charge in [-0.3, -0.25) is 0 Å². The summed E-state index contributed by atoms with van der Waals surface area (Å²) in [6, 6.07) is 10.0. The first-order chi connectivity index (χ1) is 14.2.